The van der Waals surface area contributed by atoms with E-state index in [1.165, 1.54) is 12.7 Å². The highest BCUT2D eigenvalue weighted by Crippen LogP contribution is 2.27. The molecule has 7 heteroatoms. The molecule has 1 atom stereocenters. The van der Waals surface area contributed by atoms with Gasteiger partial charge in [-0.3, -0.25) is 0 Å². The predicted molar refractivity (Wildman–Crippen MR) is 117 cm³/mol. The minimum absolute atomic E-state index is 0.00193. The quantitative estimate of drug-likeness (QED) is 0.444. The van der Waals surface area contributed by atoms with E-state index in [1.807, 2.05) is 0 Å². The van der Waals surface area contributed by atoms with Crippen LogP contribution >= 0.6 is 12.6 Å². The van der Waals surface area contributed by atoms with Gasteiger partial charge >= 0.3 is 0 Å². The molecule has 1 N–H and O–H groups in total. The van der Waals surface area contributed by atoms with Crippen LogP contribution in [0.25, 0.3) is 0 Å². The Morgan fingerprint density at radius 1 is 1.14 bits per heavy atom. The van der Waals surface area contributed by atoms with Crippen molar-refractivity contribution < 1.29 is 9.84 Å². The zero-order valence-electron chi connectivity index (χ0n) is 17.1. The first kappa shape index (κ1) is 20.9. The van der Waals surface area contributed by atoms with Crippen molar-refractivity contribution in [2.45, 2.75) is 38.3 Å². The lowest BCUT2D eigenvalue weighted by molar-refractivity contribution is 0.373. The zero-order valence-corrected chi connectivity index (χ0v) is 18.0. The SMILES string of the molecule is COc1ccc(C=Nn2c(S)nnc2C(C)c2ccc(CC(C)C)cc2)cc1O. The van der Waals surface area contributed by atoms with Crippen molar-refractivity contribution in [2.24, 2.45) is 11.0 Å². The molecule has 0 aliphatic heterocycles. The van der Waals surface area contributed by atoms with Gasteiger partial charge in [-0.25, -0.2) is 0 Å². The standard InChI is InChI=1S/C22H26N4O2S/c1-14(2)11-16-5-8-18(9-6-16)15(3)21-24-25-22(29)26(21)23-13-17-7-10-20(28-4)19(27)12-17/h5-10,12-15,27H,11H2,1-4H3,(H,25,29). The Labute approximate surface area is 176 Å². The third-order valence-electron chi connectivity index (χ3n) is 4.68. The maximum Gasteiger partial charge on any atom is 0.208 e. The molecule has 152 valence electrons. The molecule has 0 fully saturated rings. The van der Waals surface area contributed by atoms with E-state index in [2.05, 4.69) is 73.0 Å². The molecule has 2 aromatic carbocycles. The molecular weight excluding hydrogens is 384 g/mol. The van der Waals surface area contributed by atoms with Crippen LogP contribution in [0.4, 0.5) is 0 Å². The van der Waals surface area contributed by atoms with Crippen molar-refractivity contribution >= 4 is 18.8 Å². The van der Waals surface area contributed by atoms with E-state index in [4.69, 9.17) is 4.74 Å². The fourth-order valence-corrected chi connectivity index (χ4v) is 3.34. The summed E-state index contributed by atoms with van der Waals surface area (Å²) in [4.78, 5) is 0. The lowest BCUT2D eigenvalue weighted by atomic mass is 9.96. The number of rotatable bonds is 7. The van der Waals surface area contributed by atoms with Gasteiger partial charge < -0.3 is 9.84 Å². The summed E-state index contributed by atoms with van der Waals surface area (Å²) in [7, 11) is 1.51. The number of phenolic OH excluding ortho intramolecular Hbond substituents is 1. The van der Waals surface area contributed by atoms with E-state index in [1.54, 1.807) is 29.1 Å². The van der Waals surface area contributed by atoms with Crippen molar-refractivity contribution in [3.63, 3.8) is 0 Å². The molecule has 1 heterocycles. The first-order chi connectivity index (χ1) is 13.9. The van der Waals surface area contributed by atoms with Crippen LogP contribution < -0.4 is 4.74 Å². The van der Waals surface area contributed by atoms with Gasteiger partial charge in [0.1, 0.15) is 0 Å². The van der Waals surface area contributed by atoms with Crippen LogP contribution in [0.1, 0.15) is 49.2 Å². The molecule has 0 saturated heterocycles. The normalized spacial score (nSPS) is 12.6. The van der Waals surface area contributed by atoms with Gasteiger partial charge in [0.05, 0.1) is 13.3 Å². The smallest absolute Gasteiger partial charge is 0.208 e. The molecule has 1 unspecified atom stereocenters. The van der Waals surface area contributed by atoms with Gasteiger partial charge in [-0.05, 0) is 47.2 Å². The van der Waals surface area contributed by atoms with Crippen LogP contribution in [-0.2, 0) is 6.42 Å². The van der Waals surface area contributed by atoms with E-state index < -0.39 is 0 Å². The minimum Gasteiger partial charge on any atom is -0.504 e. The first-order valence-electron chi connectivity index (χ1n) is 9.53. The number of hydrogen-bond donors (Lipinski definition) is 2. The maximum absolute atomic E-state index is 9.94. The van der Waals surface area contributed by atoms with Gasteiger partial charge in [-0.1, -0.05) is 45.0 Å². The number of aromatic hydroxyl groups is 1. The molecular formula is C22H26N4O2S. The molecule has 0 radical (unpaired) electrons. The topological polar surface area (TPSA) is 72.5 Å². The highest BCUT2D eigenvalue weighted by Gasteiger charge is 2.18. The Bertz CT molecular complexity index is 997. The van der Waals surface area contributed by atoms with Crippen LogP contribution in [0.15, 0.2) is 52.7 Å². The summed E-state index contributed by atoms with van der Waals surface area (Å²) in [6.07, 6.45) is 2.69. The minimum atomic E-state index is -0.00193. The zero-order chi connectivity index (χ0) is 21.0. The number of ether oxygens (including phenoxy) is 1. The Hall–Kier alpha value is -2.80. The van der Waals surface area contributed by atoms with E-state index >= 15 is 0 Å². The number of benzene rings is 2. The van der Waals surface area contributed by atoms with Crippen molar-refractivity contribution in [3.05, 3.63) is 65.0 Å². The van der Waals surface area contributed by atoms with E-state index in [0.717, 1.165) is 17.5 Å². The second-order valence-corrected chi connectivity index (χ2v) is 7.81. The lowest BCUT2D eigenvalue weighted by Crippen LogP contribution is -2.06. The second kappa shape index (κ2) is 9.13. The summed E-state index contributed by atoms with van der Waals surface area (Å²) in [5.74, 6) is 1.79. The third kappa shape index (κ3) is 4.98. The number of aromatic nitrogens is 3. The van der Waals surface area contributed by atoms with Gasteiger partial charge in [-0.15, -0.1) is 22.8 Å². The first-order valence-corrected chi connectivity index (χ1v) is 9.98. The number of phenols is 1. The molecule has 29 heavy (non-hydrogen) atoms. The number of hydrogen-bond acceptors (Lipinski definition) is 6. The largest absolute Gasteiger partial charge is 0.504 e. The summed E-state index contributed by atoms with van der Waals surface area (Å²) in [6, 6.07) is 13.7. The molecule has 0 aliphatic rings. The summed E-state index contributed by atoms with van der Waals surface area (Å²) in [6.45, 7) is 6.50. The fraction of sp³-hybridized carbons (Fsp3) is 0.318. The third-order valence-corrected chi connectivity index (χ3v) is 4.96. The summed E-state index contributed by atoms with van der Waals surface area (Å²) >= 11 is 4.38. The maximum atomic E-state index is 9.94. The Kier molecular flexibility index (Phi) is 6.59. The van der Waals surface area contributed by atoms with E-state index in [9.17, 15) is 5.11 Å². The molecule has 1 aromatic heterocycles. The summed E-state index contributed by atoms with van der Waals surface area (Å²) < 4.78 is 6.67. The molecule has 0 bridgehead atoms. The molecule has 0 saturated carbocycles. The van der Waals surface area contributed by atoms with E-state index in [-0.39, 0.29) is 11.7 Å². The van der Waals surface area contributed by atoms with Gasteiger partial charge in [0.25, 0.3) is 0 Å². The molecule has 0 spiro atoms. The molecule has 0 aliphatic carbocycles. The second-order valence-electron chi connectivity index (χ2n) is 7.41. The average molecular weight is 411 g/mol. The number of thiol groups is 1. The summed E-state index contributed by atoms with van der Waals surface area (Å²) in [5.41, 5.74) is 3.18. The average Bonchev–Trinajstić information content (AvgIpc) is 3.06. The van der Waals surface area contributed by atoms with Gasteiger partial charge in [-0.2, -0.15) is 9.78 Å². The number of nitrogens with zero attached hydrogens (tertiary/aromatic N) is 4. The monoisotopic (exact) mass is 410 g/mol. The lowest BCUT2D eigenvalue weighted by Gasteiger charge is -2.12. The highest BCUT2D eigenvalue weighted by atomic mass is 32.1. The molecule has 3 aromatic rings. The van der Waals surface area contributed by atoms with Gasteiger partial charge in [0.2, 0.25) is 5.16 Å². The van der Waals surface area contributed by atoms with Crippen LogP contribution in [0.5, 0.6) is 11.5 Å². The van der Waals surface area contributed by atoms with Crippen LogP contribution in [0.2, 0.25) is 0 Å². The fourth-order valence-electron chi connectivity index (χ4n) is 3.14. The van der Waals surface area contributed by atoms with Crippen molar-refractivity contribution in [2.75, 3.05) is 7.11 Å². The molecule has 0 amide bonds. The van der Waals surface area contributed by atoms with Crippen LogP contribution in [0.3, 0.4) is 0 Å². The molecule has 3 rings (SSSR count). The van der Waals surface area contributed by atoms with Crippen molar-refractivity contribution in [1.82, 2.24) is 14.9 Å². The van der Waals surface area contributed by atoms with Crippen molar-refractivity contribution in [1.29, 1.82) is 0 Å². The van der Waals surface area contributed by atoms with Gasteiger partial charge in [0, 0.05) is 5.92 Å². The van der Waals surface area contributed by atoms with Crippen molar-refractivity contribution in [3.8, 4) is 11.5 Å². The Morgan fingerprint density at radius 3 is 2.48 bits per heavy atom. The van der Waals surface area contributed by atoms with E-state index in [0.29, 0.717) is 22.6 Å². The predicted octanol–water partition coefficient (Wildman–Crippen LogP) is 4.51. The number of methoxy groups -OCH3 is 1. The highest BCUT2D eigenvalue weighted by molar-refractivity contribution is 7.80. The Balaban J connectivity index is 1.84. The summed E-state index contributed by atoms with van der Waals surface area (Å²) in [5, 5.41) is 23.2. The van der Waals surface area contributed by atoms with Crippen LogP contribution in [-0.4, -0.2) is 33.3 Å². The van der Waals surface area contributed by atoms with Crippen LogP contribution in [0, 0.1) is 5.92 Å². The molecule has 6 nitrogen and oxygen atoms in total. The van der Waals surface area contributed by atoms with Gasteiger partial charge in [0.15, 0.2) is 17.3 Å². The Morgan fingerprint density at radius 2 is 1.86 bits per heavy atom.